The van der Waals surface area contributed by atoms with Crippen LogP contribution >= 0.6 is 0 Å². The van der Waals surface area contributed by atoms with Gasteiger partial charge in [-0.15, -0.1) is 10.2 Å². The molecule has 4 aromatic rings. The Morgan fingerprint density at radius 1 is 1.15 bits per heavy atom. The lowest BCUT2D eigenvalue weighted by Gasteiger charge is -2.19. The third kappa shape index (κ3) is 5.41. The van der Waals surface area contributed by atoms with Crippen molar-refractivity contribution >= 4 is 11.6 Å². The van der Waals surface area contributed by atoms with Crippen LogP contribution in [0, 0.1) is 5.82 Å². The quantitative estimate of drug-likeness (QED) is 0.351. The number of aromatic nitrogens is 5. The molecule has 2 aromatic carbocycles. The Hall–Kier alpha value is -4.18. The van der Waals surface area contributed by atoms with Crippen LogP contribution in [0.15, 0.2) is 67.1 Å². The summed E-state index contributed by atoms with van der Waals surface area (Å²) in [6.07, 6.45) is 3.42. The van der Waals surface area contributed by atoms with Crippen molar-refractivity contribution in [1.29, 1.82) is 0 Å². The Kier molecular flexibility index (Phi) is 7.19. The summed E-state index contributed by atoms with van der Waals surface area (Å²) in [6.45, 7) is 0.279. The highest BCUT2D eigenvalue weighted by Crippen LogP contribution is 2.19. The molecule has 0 aliphatic heterocycles. The largest absolute Gasteiger partial charge is 0.396 e. The molecule has 1 amide bonds. The van der Waals surface area contributed by atoms with Crippen molar-refractivity contribution in [2.45, 2.75) is 19.0 Å². The molecular weight excluding hydrogens is 437 g/mol. The number of amides is 1. The SMILES string of the molecule is Cn1c(CNc2cccc(C(=O)NC(CCO)c3ccc(F)cc3)c2)nnc1-c1ccncn1. The van der Waals surface area contributed by atoms with Crippen molar-refractivity contribution in [1.82, 2.24) is 30.0 Å². The van der Waals surface area contributed by atoms with E-state index in [2.05, 4.69) is 30.8 Å². The highest BCUT2D eigenvalue weighted by molar-refractivity contribution is 5.95. The van der Waals surface area contributed by atoms with Gasteiger partial charge in [-0.1, -0.05) is 18.2 Å². The van der Waals surface area contributed by atoms with E-state index < -0.39 is 6.04 Å². The van der Waals surface area contributed by atoms with Crippen molar-refractivity contribution in [2.75, 3.05) is 11.9 Å². The van der Waals surface area contributed by atoms with Crippen molar-refractivity contribution in [3.05, 3.63) is 89.9 Å². The molecular formula is C24H24FN7O2. The molecule has 0 radical (unpaired) electrons. The molecule has 1 atom stereocenters. The van der Waals surface area contributed by atoms with Crippen molar-refractivity contribution in [2.24, 2.45) is 7.05 Å². The van der Waals surface area contributed by atoms with Gasteiger partial charge in [0.15, 0.2) is 11.6 Å². The minimum Gasteiger partial charge on any atom is -0.396 e. The number of hydrogen-bond donors (Lipinski definition) is 3. The number of nitrogens with one attached hydrogen (secondary N) is 2. The maximum atomic E-state index is 13.3. The van der Waals surface area contributed by atoms with E-state index in [4.69, 9.17) is 0 Å². The second-order valence-corrected chi connectivity index (χ2v) is 7.62. The monoisotopic (exact) mass is 461 g/mol. The van der Waals surface area contributed by atoms with Crippen LogP contribution < -0.4 is 10.6 Å². The molecule has 0 saturated heterocycles. The maximum Gasteiger partial charge on any atom is 0.251 e. The molecule has 2 aromatic heterocycles. The van der Waals surface area contributed by atoms with Gasteiger partial charge in [0.25, 0.3) is 5.91 Å². The number of halogens is 1. The van der Waals surface area contributed by atoms with Crippen LogP contribution in [0.4, 0.5) is 10.1 Å². The first-order valence-electron chi connectivity index (χ1n) is 10.7. The lowest BCUT2D eigenvalue weighted by Crippen LogP contribution is -2.29. The number of rotatable bonds is 9. The molecule has 0 fully saturated rings. The normalized spacial score (nSPS) is 11.7. The fourth-order valence-electron chi connectivity index (χ4n) is 3.50. The summed E-state index contributed by atoms with van der Waals surface area (Å²) in [5, 5.41) is 24.0. The summed E-state index contributed by atoms with van der Waals surface area (Å²) in [7, 11) is 1.86. The average Bonchev–Trinajstić information content (AvgIpc) is 3.23. The predicted octanol–water partition coefficient (Wildman–Crippen LogP) is 2.88. The summed E-state index contributed by atoms with van der Waals surface area (Å²) in [4.78, 5) is 21.0. The van der Waals surface area contributed by atoms with E-state index in [-0.39, 0.29) is 18.3 Å². The summed E-state index contributed by atoms with van der Waals surface area (Å²) >= 11 is 0. The Morgan fingerprint density at radius 2 is 1.97 bits per heavy atom. The average molecular weight is 462 g/mol. The number of aliphatic hydroxyl groups is 1. The second-order valence-electron chi connectivity index (χ2n) is 7.62. The third-order valence-corrected chi connectivity index (χ3v) is 5.35. The van der Waals surface area contributed by atoms with Gasteiger partial charge in [-0.25, -0.2) is 14.4 Å². The number of nitrogens with zero attached hydrogens (tertiary/aromatic N) is 5. The summed E-state index contributed by atoms with van der Waals surface area (Å²) in [5.74, 6) is 0.672. The van der Waals surface area contributed by atoms with E-state index in [0.29, 0.717) is 35.9 Å². The molecule has 3 N–H and O–H groups in total. The molecule has 0 aliphatic carbocycles. The lowest BCUT2D eigenvalue weighted by molar-refractivity contribution is 0.0930. The lowest BCUT2D eigenvalue weighted by atomic mass is 10.0. The van der Waals surface area contributed by atoms with Gasteiger partial charge in [0.2, 0.25) is 0 Å². The van der Waals surface area contributed by atoms with Gasteiger partial charge in [0, 0.05) is 31.1 Å². The van der Waals surface area contributed by atoms with Crippen molar-refractivity contribution in [3.8, 4) is 11.5 Å². The van der Waals surface area contributed by atoms with E-state index in [0.717, 1.165) is 11.3 Å². The smallest absolute Gasteiger partial charge is 0.251 e. The second kappa shape index (κ2) is 10.6. The first kappa shape index (κ1) is 23.0. The molecule has 2 heterocycles. The standard InChI is InChI=1S/C24H24FN7O2/c1-32-22(30-31-23(32)21-9-11-26-15-28-21)14-27-19-4-2-3-17(13-19)24(34)29-20(10-12-33)16-5-7-18(25)8-6-16/h2-9,11,13,15,20,27,33H,10,12,14H2,1H3,(H,29,34). The van der Waals surface area contributed by atoms with Gasteiger partial charge >= 0.3 is 0 Å². The number of anilines is 1. The van der Waals surface area contributed by atoms with Gasteiger partial charge in [-0.2, -0.15) is 0 Å². The van der Waals surface area contributed by atoms with Gasteiger partial charge in [-0.3, -0.25) is 4.79 Å². The Bertz CT molecular complexity index is 1250. The number of hydrogen-bond acceptors (Lipinski definition) is 7. The third-order valence-electron chi connectivity index (χ3n) is 5.35. The van der Waals surface area contributed by atoms with Gasteiger partial charge < -0.3 is 20.3 Å². The first-order valence-corrected chi connectivity index (χ1v) is 10.7. The maximum absolute atomic E-state index is 13.3. The minimum absolute atomic E-state index is 0.112. The van der Waals surface area contributed by atoms with Gasteiger partial charge in [0.05, 0.1) is 12.6 Å². The van der Waals surface area contributed by atoms with Crippen LogP contribution in [0.5, 0.6) is 0 Å². The molecule has 0 aliphatic rings. The van der Waals surface area contributed by atoms with Crippen molar-refractivity contribution < 1.29 is 14.3 Å². The van der Waals surface area contributed by atoms with Crippen LogP contribution in [0.25, 0.3) is 11.5 Å². The van der Waals surface area contributed by atoms with Gasteiger partial charge in [-0.05, 0) is 48.4 Å². The topological polar surface area (TPSA) is 118 Å². The first-order chi connectivity index (χ1) is 16.5. The fraction of sp³-hybridized carbons (Fsp3) is 0.208. The Labute approximate surface area is 195 Å². The van der Waals surface area contributed by atoms with Crippen LogP contribution in [0.2, 0.25) is 0 Å². The molecule has 4 rings (SSSR count). The summed E-state index contributed by atoms with van der Waals surface area (Å²) in [6, 6.07) is 14.3. The van der Waals surface area contributed by atoms with E-state index in [9.17, 15) is 14.3 Å². The predicted molar refractivity (Wildman–Crippen MR) is 124 cm³/mol. The number of aliphatic hydroxyl groups excluding tert-OH is 1. The zero-order chi connectivity index (χ0) is 23.9. The number of benzene rings is 2. The van der Waals surface area contributed by atoms with Crippen LogP contribution in [0.3, 0.4) is 0 Å². The molecule has 9 nitrogen and oxygen atoms in total. The highest BCUT2D eigenvalue weighted by atomic mass is 19.1. The Morgan fingerprint density at radius 3 is 2.71 bits per heavy atom. The minimum atomic E-state index is -0.437. The number of carbonyl (C=O) groups excluding carboxylic acids is 1. The van der Waals surface area contributed by atoms with E-state index in [1.165, 1.54) is 18.5 Å². The van der Waals surface area contributed by atoms with Gasteiger partial charge in [0.1, 0.15) is 17.8 Å². The summed E-state index contributed by atoms with van der Waals surface area (Å²) in [5.41, 5.74) is 2.59. The van der Waals surface area contributed by atoms with Crippen LogP contribution in [-0.2, 0) is 13.6 Å². The molecule has 174 valence electrons. The molecule has 0 saturated carbocycles. The molecule has 1 unspecified atom stereocenters. The molecule has 0 spiro atoms. The molecule has 10 heteroatoms. The summed E-state index contributed by atoms with van der Waals surface area (Å²) < 4.78 is 15.1. The Balaban J connectivity index is 1.43. The van der Waals surface area contributed by atoms with Crippen LogP contribution in [-0.4, -0.2) is 42.4 Å². The zero-order valence-electron chi connectivity index (χ0n) is 18.5. The number of carbonyl (C=O) groups is 1. The zero-order valence-corrected chi connectivity index (χ0v) is 18.5. The van der Waals surface area contributed by atoms with E-state index >= 15 is 0 Å². The fourth-order valence-corrected chi connectivity index (χ4v) is 3.50. The highest BCUT2D eigenvalue weighted by Gasteiger charge is 2.16. The van der Waals surface area contributed by atoms with E-state index in [1.54, 1.807) is 42.6 Å². The van der Waals surface area contributed by atoms with Crippen molar-refractivity contribution in [3.63, 3.8) is 0 Å². The molecule has 0 bridgehead atoms. The molecule has 34 heavy (non-hydrogen) atoms. The van der Waals surface area contributed by atoms with E-state index in [1.807, 2.05) is 17.7 Å². The van der Waals surface area contributed by atoms with Crippen LogP contribution in [0.1, 0.15) is 34.2 Å².